The predicted molar refractivity (Wildman–Crippen MR) is 86.1 cm³/mol. The molecule has 0 aliphatic carbocycles. The molecule has 5 heteroatoms. The molecule has 1 aromatic carbocycles. The summed E-state index contributed by atoms with van der Waals surface area (Å²) in [5.74, 6) is 1.59. The van der Waals surface area contributed by atoms with Gasteiger partial charge in [-0.2, -0.15) is 0 Å². The van der Waals surface area contributed by atoms with Gasteiger partial charge in [0.15, 0.2) is 11.5 Å². The van der Waals surface area contributed by atoms with Gasteiger partial charge in [0.1, 0.15) is 6.61 Å². The highest BCUT2D eigenvalue weighted by molar-refractivity contribution is 7.09. The first-order valence-corrected chi connectivity index (χ1v) is 8.18. The van der Waals surface area contributed by atoms with Crippen molar-refractivity contribution in [2.75, 3.05) is 13.2 Å². The molecule has 0 fully saturated rings. The fourth-order valence-corrected chi connectivity index (χ4v) is 2.43. The fraction of sp³-hybridized carbons (Fsp3) is 0.438. The summed E-state index contributed by atoms with van der Waals surface area (Å²) in [6.45, 7) is 7.17. The number of benzene rings is 1. The summed E-state index contributed by atoms with van der Waals surface area (Å²) in [5.41, 5.74) is 3.02. The van der Waals surface area contributed by atoms with Crippen molar-refractivity contribution in [3.63, 3.8) is 0 Å². The summed E-state index contributed by atoms with van der Waals surface area (Å²) < 4.78 is 11.5. The summed E-state index contributed by atoms with van der Waals surface area (Å²) in [7, 11) is 0. The minimum absolute atomic E-state index is 0.526. The second kappa shape index (κ2) is 8.64. The summed E-state index contributed by atoms with van der Waals surface area (Å²) in [5, 5.41) is 3.39. The molecule has 0 amide bonds. The van der Waals surface area contributed by atoms with Crippen LogP contribution in [0.4, 0.5) is 0 Å². The maximum absolute atomic E-state index is 5.84. The van der Waals surface area contributed by atoms with Crippen LogP contribution in [0.2, 0.25) is 0 Å². The summed E-state index contributed by atoms with van der Waals surface area (Å²) in [6.07, 6.45) is 2.96. The Balaban J connectivity index is 2.01. The molecule has 1 heterocycles. The Morgan fingerprint density at radius 2 is 2.10 bits per heavy atom. The Bertz CT molecular complexity index is 529. The van der Waals surface area contributed by atoms with E-state index in [1.807, 2.05) is 30.8 Å². The first-order valence-electron chi connectivity index (χ1n) is 7.30. The molecule has 0 saturated heterocycles. The number of nitrogens with zero attached hydrogens (tertiary/aromatic N) is 1. The van der Waals surface area contributed by atoms with Gasteiger partial charge >= 0.3 is 0 Å². The number of hydrogen-bond donors (Lipinski definition) is 1. The minimum atomic E-state index is 0.526. The molecule has 114 valence electrons. The average Bonchev–Trinajstić information content (AvgIpc) is 3.00. The maximum atomic E-state index is 5.84. The SMILES string of the molecule is CCCNCc1ccc(OCc2cncs2)c(OCC)c1. The van der Waals surface area contributed by atoms with Crippen LogP contribution in [-0.4, -0.2) is 18.1 Å². The quantitative estimate of drug-likeness (QED) is 0.719. The lowest BCUT2D eigenvalue weighted by Gasteiger charge is -2.13. The topological polar surface area (TPSA) is 43.4 Å². The minimum Gasteiger partial charge on any atom is -0.490 e. The molecule has 0 radical (unpaired) electrons. The average molecular weight is 306 g/mol. The van der Waals surface area contributed by atoms with Crippen molar-refractivity contribution >= 4 is 11.3 Å². The second-order valence-electron chi connectivity index (χ2n) is 4.65. The highest BCUT2D eigenvalue weighted by atomic mass is 32.1. The molecule has 0 atom stereocenters. The molecule has 1 N–H and O–H groups in total. The van der Waals surface area contributed by atoms with Crippen LogP contribution in [0.5, 0.6) is 11.5 Å². The molecule has 0 spiro atoms. The van der Waals surface area contributed by atoms with E-state index in [0.717, 1.165) is 35.9 Å². The van der Waals surface area contributed by atoms with Crippen LogP contribution >= 0.6 is 11.3 Å². The van der Waals surface area contributed by atoms with Gasteiger partial charge in [-0.3, -0.25) is 4.98 Å². The second-order valence-corrected chi connectivity index (χ2v) is 5.62. The largest absolute Gasteiger partial charge is 0.490 e. The summed E-state index contributed by atoms with van der Waals surface area (Å²) in [4.78, 5) is 5.15. The van der Waals surface area contributed by atoms with E-state index in [4.69, 9.17) is 9.47 Å². The molecule has 0 bridgehead atoms. The molecule has 21 heavy (non-hydrogen) atoms. The number of nitrogens with one attached hydrogen (secondary N) is 1. The summed E-state index contributed by atoms with van der Waals surface area (Å²) in [6, 6.07) is 6.11. The van der Waals surface area contributed by atoms with E-state index < -0.39 is 0 Å². The van der Waals surface area contributed by atoms with E-state index in [1.165, 1.54) is 5.56 Å². The van der Waals surface area contributed by atoms with Crippen molar-refractivity contribution in [3.05, 3.63) is 40.3 Å². The Hall–Kier alpha value is -1.59. The maximum Gasteiger partial charge on any atom is 0.161 e. The third kappa shape index (κ3) is 5.02. The lowest BCUT2D eigenvalue weighted by atomic mass is 10.2. The van der Waals surface area contributed by atoms with Gasteiger partial charge in [0.2, 0.25) is 0 Å². The van der Waals surface area contributed by atoms with Gasteiger partial charge in [0.05, 0.1) is 17.0 Å². The van der Waals surface area contributed by atoms with Crippen molar-refractivity contribution in [1.82, 2.24) is 10.3 Å². The summed E-state index contributed by atoms with van der Waals surface area (Å²) >= 11 is 1.59. The lowest BCUT2D eigenvalue weighted by molar-refractivity contribution is 0.271. The molecule has 0 aliphatic rings. The molecule has 2 aromatic rings. The number of rotatable bonds is 9. The Labute approximate surface area is 130 Å². The number of aromatic nitrogens is 1. The standard InChI is InChI=1S/C16H22N2O2S/c1-3-7-17-9-13-5-6-15(16(8-13)19-4-2)20-11-14-10-18-12-21-14/h5-6,8,10,12,17H,3-4,7,9,11H2,1-2H3. The van der Waals surface area contributed by atoms with Crippen molar-refractivity contribution in [1.29, 1.82) is 0 Å². The Kier molecular flexibility index (Phi) is 6.50. The molecule has 1 aromatic heterocycles. The van der Waals surface area contributed by atoms with Gasteiger partial charge in [-0.05, 0) is 37.6 Å². The fourth-order valence-electron chi connectivity index (χ4n) is 1.92. The predicted octanol–water partition coefficient (Wildman–Crippen LogP) is 3.62. The van der Waals surface area contributed by atoms with Crippen LogP contribution in [0.3, 0.4) is 0 Å². The van der Waals surface area contributed by atoms with E-state index in [2.05, 4.69) is 23.3 Å². The van der Waals surface area contributed by atoms with Crippen molar-refractivity contribution in [2.24, 2.45) is 0 Å². The number of hydrogen-bond acceptors (Lipinski definition) is 5. The van der Waals surface area contributed by atoms with Gasteiger partial charge in [-0.25, -0.2) is 0 Å². The molecular weight excluding hydrogens is 284 g/mol. The van der Waals surface area contributed by atoms with Crippen LogP contribution in [0.1, 0.15) is 30.7 Å². The zero-order valence-electron chi connectivity index (χ0n) is 12.6. The van der Waals surface area contributed by atoms with E-state index in [-0.39, 0.29) is 0 Å². The van der Waals surface area contributed by atoms with Crippen LogP contribution in [0.15, 0.2) is 29.9 Å². The lowest BCUT2D eigenvalue weighted by Crippen LogP contribution is -2.13. The molecule has 0 saturated carbocycles. The van der Waals surface area contributed by atoms with Gasteiger partial charge in [-0.15, -0.1) is 11.3 Å². The van der Waals surface area contributed by atoms with E-state index in [1.54, 1.807) is 11.3 Å². The first-order chi connectivity index (χ1) is 10.3. The molecule has 2 rings (SSSR count). The highest BCUT2D eigenvalue weighted by Crippen LogP contribution is 2.29. The van der Waals surface area contributed by atoms with Gasteiger partial charge < -0.3 is 14.8 Å². The molecule has 4 nitrogen and oxygen atoms in total. The molecule has 0 unspecified atom stereocenters. The number of ether oxygens (including phenoxy) is 2. The van der Waals surface area contributed by atoms with Crippen molar-refractivity contribution < 1.29 is 9.47 Å². The van der Waals surface area contributed by atoms with Gasteiger partial charge in [-0.1, -0.05) is 13.0 Å². The zero-order valence-corrected chi connectivity index (χ0v) is 13.4. The van der Waals surface area contributed by atoms with Crippen molar-refractivity contribution in [2.45, 2.75) is 33.4 Å². The van der Waals surface area contributed by atoms with Gasteiger partial charge in [0.25, 0.3) is 0 Å². The Morgan fingerprint density at radius 1 is 1.19 bits per heavy atom. The van der Waals surface area contributed by atoms with Gasteiger partial charge in [0, 0.05) is 12.7 Å². The van der Waals surface area contributed by atoms with Crippen LogP contribution < -0.4 is 14.8 Å². The van der Waals surface area contributed by atoms with Crippen LogP contribution in [0.25, 0.3) is 0 Å². The normalized spacial score (nSPS) is 10.6. The highest BCUT2D eigenvalue weighted by Gasteiger charge is 2.07. The van der Waals surface area contributed by atoms with Crippen LogP contribution in [0, 0.1) is 0 Å². The first kappa shape index (κ1) is 15.8. The molecule has 0 aliphatic heterocycles. The smallest absolute Gasteiger partial charge is 0.161 e. The third-order valence-electron chi connectivity index (χ3n) is 2.92. The van der Waals surface area contributed by atoms with E-state index >= 15 is 0 Å². The third-order valence-corrected chi connectivity index (χ3v) is 3.67. The molecular formula is C16H22N2O2S. The van der Waals surface area contributed by atoms with Crippen molar-refractivity contribution in [3.8, 4) is 11.5 Å². The zero-order chi connectivity index (χ0) is 14.9. The van der Waals surface area contributed by atoms with E-state index in [0.29, 0.717) is 13.2 Å². The van der Waals surface area contributed by atoms with Crippen LogP contribution in [-0.2, 0) is 13.2 Å². The number of thiazole rings is 1. The van der Waals surface area contributed by atoms with E-state index in [9.17, 15) is 0 Å². The Morgan fingerprint density at radius 3 is 2.81 bits per heavy atom. The monoisotopic (exact) mass is 306 g/mol.